The van der Waals surface area contributed by atoms with Crippen LogP contribution >= 0.6 is 12.2 Å². The Hall–Kier alpha value is -2.27. The van der Waals surface area contributed by atoms with Crippen molar-refractivity contribution in [2.24, 2.45) is 5.92 Å². The van der Waals surface area contributed by atoms with Crippen molar-refractivity contribution in [2.75, 3.05) is 29.9 Å². The number of aryl methyl sites for hydroxylation is 1. The molecule has 0 spiro atoms. The first-order chi connectivity index (χ1) is 16.6. The zero-order valence-electron chi connectivity index (χ0n) is 21.2. The Labute approximate surface area is 211 Å². The number of thiocarbonyl (C=S) groups is 1. The molecule has 0 bridgehead atoms. The third kappa shape index (κ3) is 6.04. The molecule has 1 fully saturated rings. The average molecular weight is 480 g/mol. The molecule has 0 unspecified atom stereocenters. The normalized spacial score (nSPS) is 19.9. The molecule has 0 amide bonds. The van der Waals surface area contributed by atoms with Gasteiger partial charge in [-0.05, 0) is 98.6 Å². The molecule has 2 aromatic carbocycles. The van der Waals surface area contributed by atoms with E-state index in [0.717, 1.165) is 29.6 Å². The van der Waals surface area contributed by atoms with Crippen molar-refractivity contribution < 1.29 is 4.74 Å². The van der Waals surface area contributed by atoms with E-state index in [9.17, 15) is 0 Å². The molecule has 0 saturated heterocycles. The van der Waals surface area contributed by atoms with Crippen LogP contribution in [0.3, 0.4) is 0 Å². The predicted molar refractivity (Wildman–Crippen MR) is 148 cm³/mol. The first-order valence-electron chi connectivity index (χ1n) is 13.3. The minimum absolute atomic E-state index is 0.476. The number of nitrogens with zero attached hydrogens (tertiary/aromatic N) is 2. The Bertz CT molecular complexity index is 945. The van der Waals surface area contributed by atoms with Gasteiger partial charge in [-0.25, -0.2) is 0 Å². The highest BCUT2D eigenvalue weighted by atomic mass is 32.1. The molecule has 1 aliphatic heterocycles. The molecule has 0 aromatic heterocycles. The van der Waals surface area contributed by atoms with Crippen LogP contribution in [0.2, 0.25) is 0 Å². The van der Waals surface area contributed by atoms with E-state index in [0.29, 0.717) is 18.6 Å². The van der Waals surface area contributed by atoms with Gasteiger partial charge in [-0.3, -0.25) is 0 Å². The van der Waals surface area contributed by atoms with Crippen molar-refractivity contribution in [3.63, 3.8) is 0 Å². The van der Waals surface area contributed by atoms with E-state index < -0.39 is 0 Å². The summed E-state index contributed by atoms with van der Waals surface area (Å²) in [5, 5.41) is 4.36. The molecule has 184 valence electrons. The lowest BCUT2D eigenvalue weighted by Crippen LogP contribution is -2.46. The summed E-state index contributed by atoms with van der Waals surface area (Å²) in [6.07, 6.45) is 8.73. The smallest absolute Gasteiger partial charge is 0.173 e. The first kappa shape index (κ1) is 24.8. The Balaban J connectivity index is 1.53. The number of hydrogen-bond acceptors (Lipinski definition) is 3. The highest BCUT2D eigenvalue weighted by Gasteiger charge is 2.29. The van der Waals surface area contributed by atoms with Crippen LogP contribution in [-0.2, 0) is 13.0 Å². The van der Waals surface area contributed by atoms with Crippen LogP contribution < -0.4 is 15.0 Å². The summed E-state index contributed by atoms with van der Waals surface area (Å²) < 4.78 is 5.60. The molecular formula is C29H41N3OS. The second kappa shape index (κ2) is 11.9. The van der Waals surface area contributed by atoms with E-state index >= 15 is 0 Å². The molecule has 34 heavy (non-hydrogen) atoms. The van der Waals surface area contributed by atoms with Crippen LogP contribution in [0.15, 0.2) is 42.5 Å². The van der Waals surface area contributed by atoms with Crippen LogP contribution in [0, 0.1) is 5.92 Å². The largest absolute Gasteiger partial charge is 0.494 e. The van der Waals surface area contributed by atoms with Crippen LogP contribution in [0.25, 0.3) is 0 Å². The molecule has 1 aliphatic carbocycles. The highest BCUT2D eigenvalue weighted by Crippen LogP contribution is 2.32. The van der Waals surface area contributed by atoms with Crippen molar-refractivity contribution in [3.8, 4) is 5.75 Å². The molecule has 2 atom stereocenters. The van der Waals surface area contributed by atoms with Crippen molar-refractivity contribution in [1.29, 1.82) is 0 Å². The lowest BCUT2D eigenvalue weighted by atomic mass is 9.84. The summed E-state index contributed by atoms with van der Waals surface area (Å²) in [5.74, 6) is 1.54. The fraction of sp³-hybridized carbons (Fsp3) is 0.552. The quantitative estimate of drug-likeness (QED) is 0.411. The summed E-state index contributed by atoms with van der Waals surface area (Å²) in [6, 6.07) is 15.7. The Morgan fingerprint density at radius 2 is 1.88 bits per heavy atom. The van der Waals surface area contributed by atoms with Crippen LogP contribution in [0.1, 0.15) is 70.4 Å². The Morgan fingerprint density at radius 3 is 2.62 bits per heavy atom. The van der Waals surface area contributed by atoms with Gasteiger partial charge >= 0.3 is 0 Å². The summed E-state index contributed by atoms with van der Waals surface area (Å²) in [4.78, 5) is 5.02. The highest BCUT2D eigenvalue weighted by molar-refractivity contribution is 7.80. The standard InChI is InChI=1S/C29H41N3OS/c1-4-18-31-19-8-10-24-20-23(12-17-28(24)31)21-32(27-11-7-6-9-22(27)3)29(34)30-25-13-15-26(16-14-25)33-5-2/h12-17,20,22,27H,4-11,18-19,21H2,1-3H3,(H,30,34)/t22-,27-/m1/s1. The van der Waals surface area contributed by atoms with E-state index in [-0.39, 0.29) is 0 Å². The predicted octanol–water partition coefficient (Wildman–Crippen LogP) is 7.03. The fourth-order valence-electron chi connectivity index (χ4n) is 5.62. The third-order valence-corrected chi connectivity index (χ3v) is 7.69. The molecule has 1 N–H and O–H groups in total. The maximum Gasteiger partial charge on any atom is 0.173 e. The van der Waals surface area contributed by atoms with Gasteiger partial charge in [0.05, 0.1) is 6.61 Å². The lowest BCUT2D eigenvalue weighted by Gasteiger charge is -2.40. The Morgan fingerprint density at radius 1 is 1.09 bits per heavy atom. The molecule has 4 nitrogen and oxygen atoms in total. The summed E-state index contributed by atoms with van der Waals surface area (Å²) in [7, 11) is 0. The van der Waals surface area contributed by atoms with E-state index in [1.165, 1.54) is 68.3 Å². The van der Waals surface area contributed by atoms with Crippen LogP contribution in [0.4, 0.5) is 11.4 Å². The maximum atomic E-state index is 6.02. The minimum Gasteiger partial charge on any atom is -0.494 e. The van der Waals surface area contributed by atoms with Gasteiger partial charge in [0, 0.05) is 37.1 Å². The number of rotatable bonds is 8. The second-order valence-electron chi connectivity index (χ2n) is 9.90. The molecule has 1 heterocycles. The summed E-state index contributed by atoms with van der Waals surface area (Å²) in [5.41, 5.74) is 5.32. The number of ether oxygens (including phenoxy) is 1. The van der Waals surface area contributed by atoms with Crippen LogP contribution in [-0.4, -0.2) is 35.8 Å². The molecule has 2 aromatic rings. The van der Waals surface area contributed by atoms with Gasteiger partial charge < -0.3 is 19.9 Å². The Kier molecular flexibility index (Phi) is 8.71. The van der Waals surface area contributed by atoms with E-state index in [1.54, 1.807) is 0 Å². The zero-order chi connectivity index (χ0) is 23.9. The lowest BCUT2D eigenvalue weighted by molar-refractivity contribution is 0.177. The number of anilines is 2. The van der Waals surface area contributed by atoms with Gasteiger partial charge in [-0.2, -0.15) is 0 Å². The number of hydrogen-bond donors (Lipinski definition) is 1. The fourth-order valence-corrected chi connectivity index (χ4v) is 5.94. The maximum absolute atomic E-state index is 6.02. The molecule has 4 rings (SSSR count). The molecular weight excluding hydrogens is 438 g/mol. The zero-order valence-corrected chi connectivity index (χ0v) is 22.0. The van der Waals surface area contributed by atoms with Gasteiger partial charge in [-0.1, -0.05) is 38.8 Å². The monoisotopic (exact) mass is 479 g/mol. The molecule has 5 heteroatoms. The SMILES string of the molecule is CCCN1CCCc2cc(CN(C(=S)Nc3ccc(OCC)cc3)[C@@H]3CCCC[C@H]3C)ccc21. The molecule has 2 aliphatic rings. The van der Waals surface area contributed by atoms with Crippen LogP contribution in [0.5, 0.6) is 5.75 Å². The summed E-state index contributed by atoms with van der Waals surface area (Å²) >= 11 is 6.02. The third-order valence-electron chi connectivity index (χ3n) is 7.35. The van der Waals surface area contributed by atoms with Gasteiger partial charge in [-0.15, -0.1) is 0 Å². The number of nitrogens with one attached hydrogen (secondary N) is 1. The average Bonchev–Trinajstić information content (AvgIpc) is 2.85. The van der Waals surface area contributed by atoms with Crippen molar-refractivity contribution in [3.05, 3.63) is 53.6 Å². The first-order valence-corrected chi connectivity index (χ1v) is 13.7. The van der Waals surface area contributed by atoms with E-state index in [2.05, 4.69) is 59.3 Å². The van der Waals surface area contributed by atoms with Gasteiger partial charge in [0.15, 0.2) is 5.11 Å². The molecule has 0 radical (unpaired) electrons. The van der Waals surface area contributed by atoms with Gasteiger partial charge in [0.25, 0.3) is 0 Å². The van der Waals surface area contributed by atoms with E-state index in [4.69, 9.17) is 17.0 Å². The topological polar surface area (TPSA) is 27.7 Å². The number of benzene rings is 2. The van der Waals surface area contributed by atoms with Crippen molar-refractivity contribution in [1.82, 2.24) is 4.90 Å². The molecule has 1 saturated carbocycles. The van der Waals surface area contributed by atoms with E-state index in [1.807, 2.05) is 19.1 Å². The van der Waals surface area contributed by atoms with Crippen molar-refractivity contribution >= 4 is 28.7 Å². The minimum atomic E-state index is 0.476. The van der Waals surface area contributed by atoms with Gasteiger partial charge in [0.2, 0.25) is 0 Å². The van der Waals surface area contributed by atoms with Crippen molar-refractivity contribution in [2.45, 2.75) is 78.3 Å². The van der Waals surface area contributed by atoms with Gasteiger partial charge in [0.1, 0.15) is 5.75 Å². The summed E-state index contributed by atoms with van der Waals surface area (Å²) in [6.45, 7) is 10.5. The second-order valence-corrected chi connectivity index (χ2v) is 10.3. The number of fused-ring (bicyclic) bond motifs is 1.